The zero-order valence-corrected chi connectivity index (χ0v) is 32.8. The number of para-hydroxylation sites is 1. The van der Waals surface area contributed by atoms with Crippen LogP contribution in [0.5, 0.6) is 0 Å². The minimum absolute atomic E-state index is 0.648. The molecule has 5 heteroatoms. The largest absolute Gasteiger partial charge is 0.308 e. The molecule has 0 saturated heterocycles. The number of nitrogens with zero attached hydrogens (tertiary/aromatic N) is 4. The second-order valence-corrected chi connectivity index (χ2v) is 19.1. The molecule has 0 N–H and O–H groups in total. The lowest BCUT2D eigenvalue weighted by atomic mass is 9.95. The third kappa shape index (κ3) is 4.93. The fourth-order valence-electron chi connectivity index (χ4n) is 9.37. The molecule has 2 aliphatic heterocycles. The summed E-state index contributed by atoms with van der Waals surface area (Å²) in [6.45, 7) is 0. The average molecular weight is 761 g/mol. The molecule has 2 aromatic heterocycles. The van der Waals surface area contributed by atoms with Crippen molar-refractivity contribution in [3.63, 3.8) is 0 Å². The normalized spacial score (nSPS) is 13.7. The predicted octanol–water partition coefficient (Wildman–Crippen LogP) is 13.7. The van der Waals surface area contributed by atoms with E-state index < -0.39 is 10.0 Å². The van der Waals surface area contributed by atoms with Crippen LogP contribution in [0.2, 0.25) is 0 Å². The van der Waals surface area contributed by atoms with Crippen LogP contribution in [-0.4, -0.2) is 32.0 Å². The van der Waals surface area contributed by atoms with E-state index in [1.165, 1.54) is 42.7 Å². The van der Waals surface area contributed by atoms with Crippen LogP contribution in [0.15, 0.2) is 192 Å². The van der Waals surface area contributed by atoms with Gasteiger partial charge >= 0.3 is 0 Å². The van der Waals surface area contributed by atoms with Crippen LogP contribution >= 0.6 is 10.0 Å². The van der Waals surface area contributed by atoms with E-state index >= 15 is 0 Å². The first-order valence-corrected chi connectivity index (χ1v) is 22.1. The van der Waals surface area contributed by atoms with Crippen molar-refractivity contribution in [1.82, 2.24) is 19.5 Å². The Morgan fingerprint density at radius 1 is 0.362 bits per heavy atom. The highest BCUT2D eigenvalue weighted by Gasteiger charge is 2.38. The first-order valence-electron chi connectivity index (χ1n) is 19.7. The lowest BCUT2D eigenvalue weighted by Crippen LogP contribution is -2.04. The maximum Gasteiger partial charge on any atom is 0.165 e. The summed E-state index contributed by atoms with van der Waals surface area (Å²) in [4.78, 5) is 18.9. The van der Waals surface area contributed by atoms with Crippen molar-refractivity contribution in [3.05, 3.63) is 182 Å². The standard InChI is InChI=1S/C53H36N4S/c1-58(2)49-44-23-13-24-46(49)53-55-51(54-52(56-53)40-30-38(33-14-5-3-6-15-33)29-39(31-40)34-16-7-4-8-17-34)37-20-11-18-35(28-37)36-19-12-21-41(32-36)57-47-25-10-9-22-42(47)43-26-27-45(44)50(58)48(43)57/h3-32H,1-2H3. The van der Waals surface area contributed by atoms with Gasteiger partial charge in [0.2, 0.25) is 0 Å². The third-order valence-corrected chi connectivity index (χ3v) is 14.9. The number of benzene rings is 8. The van der Waals surface area contributed by atoms with Gasteiger partial charge in [0.25, 0.3) is 0 Å². The molecule has 8 aromatic carbocycles. The molecule has 0 spiro atoms. The summed E-state index contributed by atoms with van der Waals surface area (Å²) in [5, 5.41) is 2.54. The SMILES string of the molecule is CS1(C)c2c3cccc2-c2ccc4c5ccccc5n(c4c21)-c1cccc(c1)-c1cccc(c1)-c1nc(-c2cc(-c4ccccc4)cc(-c4ccccc4)c2)nc-3n1. The van der Waals surface area contributed by atoms with Gasteiger partial charge in [-0.3, -0.25) is 0 Å². The van der Waals surface area contributed by atoms with Crippen molar-refractivity contribution in [2.75, 3.05) is 12.5 Å². The molecule has 0 unspecified atom stereocenters. The number of hydrogen-bond donors (Lipinski definition) is 0. The summed E-state index contributed by atoms with van der Waals surface area (Å²) >= 11 is 0. The highest BCUT2D eigenvalue weighted by Crippen LogP contribution is 2.71. The van der Waals surface area contributed by atoms with E-state index in [2.05, 4.69) is 199 Å². The van der Waals surface area contributed by atoms with E-state index in [0.29, 0.717) is 17.5 Å². The van der Waals surface area contributed by atoms with Crippen LogP contribution < -0.4 is 0 Å². The maximum atomic E-state index is 5.45. The Kier molecular flexibility index (Phi) is 7.11. The Morgan fingerprint density at radius 3 is 1.66 bits per heavy atom. The molecule has 12 rings (SSSR count). The van der Waals surface area contributed by atoms with Crippen LogP contribution in [0.25, 0.3) is 106 Å². The van der Waals surface area contributed by atoms with Crippen LogP contribution in [0, 0.1) is 0 Å². The number of aromatic nitrogens is 4. The molecule has 4 nitrogen and oxygen atoms in total. The minimum Gasteiger partial charge on any atom is -0.308 e. The van der Waals surface area contributed by atoms with E-state index in [1.54, 1.807) is 0 Å². The molecular formula is C53H36N4S. The molecule has 0 amide bonds. The van der Waals surface area contributed by atoms with Crippen molar-refractivity contribution in [1.29, 1.82) is 0 Å². The monoisotopic (exact) mass is 760 g/mol. The van der Waals surface area contributed by atoms with Gasteiger partial charge in [0.15, 0.2) is 17.5 Å². The number of rotatable bonds is 3. The summed E-state index contributed by atoms with van der Waals surface area (Å²) in [5.74, 6) is 1.99. The molecule has 58 heavy (non-hydrogen) atoms. The number of fused-ring (bicyclic) bond motifs is 14. The smallest absolute Gasteiger partial charge is 0.165 e. The highest BCUT2D eigenvalue weighted by atomic mass is 32.3. The van der Waals surface area contributed by atoms with E-state index in [4.69, 9.17) is 15.0 Å². The van der Waals surface area contributed by atoms with Crippen LogP contribution in [0.4, 0.5) is 0 Å². The molecule has 8 bridgehead atoms. The quantitative estimate of drug-likeness (QED) is 0.180. The average Bonchev–Trinajstić information content (AvgIpc) is 3.74. The van der Waals surface area contributed by atoms with Crippen LogP contribution in [0.1, 0.15) is 0 Å². The van der Waals surface area contributed by atoms with Crippen LogP contribution in [0.3, 0.4) is 0 Å². The van der Waals surface area contributed by atoms with Gasteiger partial charge in [0, 0.05) is 42.9 Å². The van der Waals surface area contributed by atoms with Gasteiger partial charge in [-0.1, -0.05) is 140 Å². The highest BCUT2D eigenvalue weighted by molar-refractivity contribution is 8.33. The summed E-state index contributed by atoms with van der Waals surface area (Å²) < 4.78 is 2.51. The second-order valence-electron chi connectivity index (χ2n) is 15.7. The van der Waals surface area contributed by atoms with Crippen molar-refractivity contribution in [2.45, 2.75) is 9.79 Å². The van der Waals surface area contributed by atoms with E-state index in [-0.39, 0.29) is 0 Å². The van der Waals surface area contributed by atoms with Gasteiger partial charge in [0.05, 0.1) is 11.0 Å². The van der Waals surface area contributed by atoms with E-state index in [0.717, 1.165) is 55.8 Å². The molecule has 0 atom stereocenters. The lowest BCUT2D eigenvalue weighted by Gasteiger charge is -2.31. The topological polar surface area (TPSA) is 43.6 Å². The summed E-state index contributed by atoms with van der Waals surface area (Å²) in [5.41, 5.74) is 15.9. The van der Waals surface area contributed by atoms with Crippen molar-refractivity contribution in [3.8, 4) is 84.4 Å². The van der Waals surface area contributed by atoms with Gasteiger partial charge in [0.1, 0.15) is 0 Å². The third-order valence-electron chi connectivity index (χ3n) is 12.0. The Morgan fingerprint density at radius 2 is 0.897 bits per heavy atom. The molecule has 274 valence electrons. The zero-order chi connectivity index (χ0) is 38.5. The van der Waals surface area contributed by atoms with Gasteiger partial charge in [-0.15, -0.1) is 0 Å². The second kappa shape index (κ2) is 12.5. The van der Waals surface area contributed by atoms with Gasteiger partial charge in [-0.05, 0) is 99.5 Å². The lowest BCUT2D eigenvalue weighted by molar-refractivity contribution is 1.07. The first-order chi connectivity index (χ1) is 28.5. The Bertz CT molecular complexity index is 3250. The van der Waals surface area contributed by atoms with Gasteiger partial charge in [-0.2, -0.15) is 10.0 Å². The molecule has 4 heterocycles. The Balaban J connectivity index is 1.19. The molecule has 10 aromatic rings. The molecule has 0 fully saturated rings. The first kappa shape index (κ1) is 33.1. The number of hydrogen-bond acceptors (Lipinski definition) is 3. The summed E-state index contributed by atoms with van der Waals surface area (Å²) in [6.07, 6.45) is 4.91. The molecule has 0 saturated carbocycles. The van der Waals surface area contributed by atoms with E-state index in [9.17, 15) is 0 Å². The predicted molar refractivity (Wildman–Crippen MR) is 242 cm³/mol. The minimum atomic E-state index is -1.60. The van der Waals surface area contributed by atoms with Crippen molar-refractivity contribution < 1.29 is 0 Å². The van der Waals surface area contributed by atoms with Gasteiger partial charge in [-0.25, -0.2) is 15.0 Å². The summed E-state index contributed by atoms with van der Waals surface area (Å²) in [7, 11) is -1.60. The van der Waals surface area contributed by atoms with Crippen molar-refractivity contribution >= 4 is 31.8 Å². The maximum absolute atomic E-state index is 5.45. The zero-order valence-electron chi connectivity index (χ0n) is 32.0. The van der Waals surface area contributed by atoms with E-state index in [1.807, 2.05) is 0 Å². The fraction of sp³-hybridized carbons (Fsp3) is 0.0377. The molecule has 0 aliphatic carbocycles. The Labute approximate surface area is 338 Å². The summed E-state index contributed by atoms with van der Waals surface area (Å²) in [6, 6.07) is 65.8. The van der Waals surface area contributed by atoms with Gasteiger partial charge < -0.3 is 4.57 Å². The van der Waals surface area contributed by atoms with Crippen LogP contribution in [-0.2, 0) is 0 Å². The molecular weight excluding hydrogens is 725 g/mol. The molecule has 2 aliphatic rings. The Hall–Kier alpha value is -7.08. The molecule has 0 radical (unpaired) electrons. The van der Waals surface area contributed by atoms with Crippen molar-refractivity contribution in [2.24, 2.45) is 0 Å². The fourth-order valence-corrected chi connectivity index (χ4v) is 12.4.